The predicted molar refractivity (Wildman–Crippen MR) is 79.8 cm³/mol. The lowest BCUT2D eigenvalue weighted by Crippen LogP contribution is -2.20. The Morgan fingerprint density at radius 3 is 2.61 bits per heavy atom. The molecule has 0 saturated heterocycles. The summed E-state index contributed by atoms with van der Waals surface area (Å²) in [5.41, 5.74) is 0.162. The number of hydrogen-bond acceptors (Lipinski definition) is 6. The van der Waals surface area contributed by atoms with Crippen molar-refractivity contribution in [2.75, 3.05) is 11.8 Å². The number of pyridine rings is 1. The third-order valence-electron chi connectivity index (χ3n) is 3.24. The van der Waals surface area contributed by atoms with E-state index in [9.17, 15) is 18.0 Å². The first-order valence-electron chi connectivity index (χ1n) is 6.44. The molecule has 0 atom stereocenters. The number of aromatic nitrogens is 1. The van der Waals surface area contributed by atoms with Gasteiger partial charge in [0.15, 0.2) is 11.6 Å². The Balaban J connectivity index is 2.00. The van der Waals surface area contributed by atoms with E-state index in [4.69, 9.17) is 4.74 Å². The van der Waals surface area contributed by atoms with E-state index in [-0.39, 0.29) is 27.6 Å². The maximum atomic E-state index is 12.4. The second-order valence-electron chi connectivity index (χ2n) is 4.65. The number of methoxy groups -OCH3 is 1. The van der Waals surface area contributed by atoms with Gasteiger partial charge in [-0.15, -0.1) is 0 Å². The molecule has 0 unspecified atom stereocenters. The minimum atomic E-state index is -3.99. The zero-order valence-electron chi connectivity index (χ0n) is 11.9. The van der Waals surface area contributed by atoms with Crippen LogP contribution in [0.5, 0.6) is 5.75 Å². The lowest BCUT2D eigenvalue weighted by Gasteiger charge is -2.10. The van der Waals surface area contributed by atoms with Crippen molar-refractivity contribution in [3.63, 3.8) is 0 Å². The van der Waals surface area contributed by atoms with E-state index < -0.39 is 21.8 Å². The largest absolute Gasteiger partial charge is 0.493 e. The molecule has 3 rings (SSSR count). The molecule has 0 saturated carbocycles. The third kappa shape index (κ3) is 2.61. The van der Waals surface area contributed by atoms with Gasteiger partial charge in [0, 0.05) is 6.20 Å². The highest BCUT2D eigenvalue weighted by Crippen LogP contribution is 2.25. The lowest BCUT2D eigenvalue weighted by molar-refractivity contribution is 0.0879. The molecule has 2 aromatic rings. The fraction of sp³-hybridized carbons (Fsp3) is 0.0714. The number of imide groups is 1. The van der Waals surface area contributed by atoms with Crippen LogP contribution in [0.15, 0.2) is 41.4 Å². The minimum Gasteiger partial charge on any atom is -0.493 e. The van der Waals surface area contributed by atoms with E-state index in [2.05, 4.69) is 15.0 Å². The smallest absolute Gasteiger partial charge is 0.263 e. The van der Waals surface area contributed by atoms with E-state index in [1.54, 1.807) is 12.1 Å². The maximum Gasteiger partial charge on any atom is 0.263 e. The maximum absolute atomic E-state index is 12.4. The third-order valence-corrected chi connectivity index (χ3v) is 4.58. The van der Waals surface area contributed by atoms with E-state index in [0.717, 1.165) is 6.07 Å². The van der Waals surface area contributed by atoms with Gasteiger partial charge in [-0.2, -0.15) is 0 Å². The highest BCUT2D eigenvalue weighted by Gasteiger charge is 2.29. The second kappa shape index (κ2) is 5.36. The standard InChI is InChI=1S/C14H11N3O5S/c1-22-11-3-2-6-15-12(11)17-23(20,21)8-4-5-9-10(7-8)14(19)16-13(9)18/h2-7H,1H3,(H,15,17)(H,16,18,19). The Bertz CT molecular complexity index is 924. The molecule has 2 N–H and O–H groups in total. The van der Waals surface area contributed by atoms with Gasteiger partial charge in [-0.1, -0.05) is 0 Å². The Kier molecular flexibility index (Phi) is 3.49. The van der Waals surface area contributed by atoms with Crippen molar-refractivity contribution >= 4 is 27.7 Å². The van der Waals surface area contributed by atoms with Crippen molar-refractivity contribution in [3.8, 4) is 5.75 Å². The summed E-state index contributed by atoms with van der Waals surface area (Å²) in [6.45, 7) is 0. The van der Waals surface area contributed by atoms with Gasteiger partial charge >= 0.3 is 0 Å². The summed E-state index contributed by atoms with van der Waals surface area (Å²) in [4.78, 5) is 26.9. The molecule has 0 bridgehead atoms. The zero-order chi connectivity index (χ0) is 16.6. The Hall–Kier alpha value is -2.94. The summed E-state index contributed by atoms with van der Waals surface area (Å²) in [6.07, 6.45) is 1.41. The molecule has 0 fully saturated rings. The fourth-order valence-electron chi connectivity index (χ4n) is 2.13. The first kappa shape index (κ1) is 15.0. The highest BCUT2D eigenvalue weighted by molar-refractivity contribution is 7.92. The number of sulfonamides is 1. The number of carbonyl (C=O) groups excluding carboxylic acids is 2. The quantitative estimate of drug-likeness (QED) is 0.799. The van der Waals surface area contributed by atoms with Gasteiger partial charge < -0.3 is 4.74 Å². The van der Waals surface area contributed by atoms with Gasteiger partial charge in [-0.25, -0.2) is 13.4 Å². The van der Waals surface area contributed by atoms with Crippen LogP contribution in [-0.4, -0.2) is 32.3 Å². The molecule has 1 aliphatic rings. The number of nitrogens with one attached hydrogen (secondary N) is 2. The summed E-state index contributed by atoms with van der Waals surface area (Å²) < 4.78 is 32.2. The molecule has 1 aromatic carbocycles. The van der Waals surface area contributed by atoms with Gasteiger partial charge in [-0.05, 0) is 30.3 Å². The number of hydrogen-bond donors (Lipinski definition) is 2. The Labute approximate surface area is 131 Å². The normalized spacial score (nSPS) is 13.4. The molecule has 0 spiro atoms. The average Bonchev–Trinajstić information content (AvgIpc) is 2.82. The number of amides is 2. The van der Waals surface area contributed by atoms with Crippen LogP contribution >= 0.6 is 0 Å². The topological polar surface area (TPSA) is 114 Å². The molecule has 23 heavy (non-hydrogen) atoms. The number of ether oxygens (including phenoxy) is 1. The van der Waals surface area contributed by atoms with Crippen LogP contribution in [-0.2, 0) is 10.0 Å². The van der Waals surface area contributed by atoms with Gasteiger partial charge in [0.1, 0.15) is 0 Å². The van der Waals surface area contributed by atoms with E-state index >= 15 is 0 Å². The highest BCUT2D eigenvalue weighted by atomic mass is 32.2. The van der Waals surface area contributed by atoms with Crippen molar-refractivity contribution in [2.45, 2.75) is 4.90 Å². The van der Waals surface area contributed by atoms with E-state index in [0.29, 0.717) is 0 Å². The summed E-state index contributed by atoms with van der Waals surface area (Å²) in [7, 11) is -2.60. The van der Waals surface area contributed by atoms with E-state index in [1.165, 1.54) is 25.4 Å². The average molecular weight is 333 g/mol. The van der Waals surface area contributed by atoms with E-state index in [1.807, 2.05) is 0 Å². The predicted octanol–water partition coefficient (Wildman–Crippen LogP) is 0.775. The minimum absolute atomic E-state index is 0.0193. The molecule has 1 aromatic heterocycles. The van der Waals surface area contributed by atoms with Crippen molar-refractivity contribution < 1.29 is 22.7 Å². The summed E-state index contributed by atoms with van der Waals surface area (Å²) in [5, 5.41) is 2.10. The van der Waals surface area contributed by atoms with Crippen molar-refractivity contribution in [3.05, 3.63) is 47.7 Å². The van der Waals surface area contributed by atoms with Crippen LogP contribution in [0.1, 0.15) is 20.7 Å². The fourth-order valence-corrected chi connectivity index (χ4v) is 3.18. The molecular weight excluding hydrogens is 322 g/mol. The molecular formula is C14H11N3O5S. The molecule has 2 heterocycles. The molecule has 0 aliphatic carbocycles. The number of rotatable bonds is 4. The van der Waals surface area contributed by atoms with Crippen molar-refractivity contribution in [1.29, 1.82) is 0 Å². The number of nitrogens with zero attached hydrogens (tertiary/aromatic N) is 1. The Morgan fingerprint density at radius 1 is 1.13 bits per heavy atom. The summed E-state index contributed by atoms with van der Waals surface area (Å²) in [6, 6.07) is 6.84. The van der Waals surface area contributed by atoms with Crippen LogP contribution in [0.4, 0.5) is 5.82 Å². The summed E-state index contributed by atoms with van der Waals surface area (Å²) in [5.74, 6) is -0.896. The van der Waals surface area contributed by atoms with Crippen LogP contribution < -0.4 is 14.8 Å². The molecule has 1 aliphatic heterocycles. The monoisotopic (exact) mass is 333 g/mol. The van der Waals surface area contributed by atoms with Crippen LogP contribution in [0.25, 0.3) is 0 Å². The number of benzene rings is 1. The molecule has 9 heteroatoms. The van der Waals surface area contributed by atoms with Gasteiger partial charge in [-0.3, -0.25) is 19.6 Å². The number of carbonyl (C=O) groups is 2. The Morgan fingerprint density at radius 2 is 1.87 bits per heavy atom. The summed E-state index contributed by atoms with van der Waals surface area (Å²) >= 11 is 0. The van der Waals surface area contributed by atoms with Crippen molar-refractivity contribution in [2.24, 2.45) is 0 Å². The van der Waals surface area contributed by atoms with Crippen LogP contribution in [0.2, 0.25) is 0 Å². The van der Waals surface area contributed by atoms with Gasteiger partial charge in [0.05, 0.1) is 23.1 Å². The molecule has 2 amide bonds. The first-order chi connectivity index (χ1) is 10.9. The second-order valence-corrected chi connectivity index (χ2v) is 6.33. The lowest BCUT2D eigenvalue weighted by atomic mass is 10.1. The SMILES string of the molecule is COc1cccnc1NS(=O)(=O)c1ccc2c(c1)C(=O)NC2=O. The molecule has 118 valence electrons. The number of fused-ring (bicyclic) bond motifs is 1. The van der Waals surface area contributed by atoms with Crippen molar-refractivity contribution in [1.82, 2.24) is 10.3 Å². The van der Waals surface area contributed by atoms with Crippen LogP contribution in [0.3, 0.4) is 0 Å². The van der Waals surface area contributed by atoms with Gasteiger partial charge in [0.25, 0.3) is 21.8 Å². The zero-order valence-corrected chi connectivity index (χ0v) is 12.7. The van der Waals surface area contributed by atoms with Crippen LogP contribution in [0, 0.1) is 0 Å². The molecule has 8 nitrogen and oxygen atoms in total. The first-order valence-corrected chi connectivity index (χ1v) is 7.92. The molecule has 0 radical (unpaired) electrons. The van der Waals surface area contributed by atoms with Gasteiger partial charge in [0.2, 0.25) is 0 Å². The number of anilines is 1.